The fraction of sp³-hybridized carbons (Fsp3) is 0.400. The van der Waals surface area contributed by atoms with Gasteiger partial charge in [0.1, 0.15) is 0 Å². The largest absolute Gasteiger partial charge is 0.374 e. The van der Waals surface area contributed by atoms with Crippen molar-refractivity contribution in [2.24, 2.45) is 0 Å². The predicted molar refractivity (Wildman–Crippen MR) is 88.6 cm³/mol. The molecule has 0 spiro atoms. The van der Waals surface area contributed by atoms with Crippen LogP contribution in [0.15, 0.2) is 60.7 Å². The molecule has 2 nitrogen and oxygen atoms in total. The molecule has 0 radical (unpaired) electrons. The Kier molecular flexibility index (Phi) is 4.91. The van der Waals surface area contributed by atoms with E-state index in [1.54, 1.807) is 0 Å². The van der Waals surface area contributed by atoms with Crippen LogP contribution in [0.4, 0.5) is 0 Å². The highest BCUT2D eigenvalue weighted by atomic mass is 16.6. The molecule has 2 heteroatoms. The van der Waals surface area contributed by atoms with Crippen LogP contribution < -0.4 is 0 Å². The van der Waals surface area contributed by atoms with Gasteiger partial charge in [0.2, 0.25) is 0 Å². The van der Waals surface area contributed by atoms with Crippen molar-refractivity contribution >= 4 is 0 Å². The highest BCUT2D eigenvalue weighted by molar-refractivity contribution is 5.19. The topological polar surface area (TPSA) is 18.5 Å². The summed E-state index contributed by atoms with van der Waals surface area (Å²) in [5, 5.41) is 0. The van der Waals surface area contributed by atoms with Crippen LogP contribution >= 0.6 is 0 Å². The summed E-state index contributed by atoms with van der Waals surface area (Å²) < 4.78 is 12.4. The minimum Gasteiger partial charge on any atom is -0.374 e. The van der Waals surface area contributed by atoms with E-state index in [-0.39, 0.29) is 11.7 Å². The molecule has 0 N–H and O–H groups in total. The summed E-state index contributed by atoms with van der Waals surface area (Å²) in [7, 11) is 0. The monoisotopic (exact) mass is 296 g/mol. The van der Waals surface area contributed by atoms with Gasteiger partial charge in [0.25, 0.3) is 0 Å². The zero-order chi connectivity index (χ0) is 15.3. The zero-order valence-electron chi connectivity index (χ0n) is 13.2. The van der Waals surface area contributed by atoms with Gasteiger partial charge in [-0.2, -0.15) is 0 Å². The molecule has 2 aromatic rings. The molecule has 0 amide bonds. The van der Waals surface area contributed by atoms with E-state index in [2.05, 4.69) is 49.4 Å². The van der Waals surface area contributed by atoms with Gasteiger partial charge < -0.3 is 9.47 Å². The first kappa shape index (κ1) is 15.3. The number of hydrogen-bond acceptors (Lipinski definition) is 2. The van der Waals surface area contributed by atoms with Crippen LogP contribution in [-0.4, -0.2) is 12.2 Å². The van der Waals surface area contributed by atoms with E-state index in [1.165, 1.54) is 11.1 Å². The van der Waals surface area contributed by atoms with Crippen LogP contribution in [0.3, 0.4) is 0 Å². The van der Waals surface area contributed by atoms with Crippen molar-refractivity contribution in [3.05, 3.63) is 71.8 Å². The van der Waals surface area contributed by atoms with E-state index in [0.717, 1.165) is 19.3 Å². The third-order valence-corrected chi connectivity index (χ3v) is 4.55. The molecule has 1 fully saturated rings. The van der Waals surface area contributed by atoms with Crippen molar-refractivity contribution in [2.75, 3.05) is 6.61 Å². The third-order valence-electron chi connectivity index (χ3n) is 4.55. The Morgan fingerprint density at radius 1 is 1.05 bits per heavy atom. The average molecular weight is 296 g/mol. The quantitative estimate of drug-likeness (QED) is 0.754. The van der Waals surface area contributed by atoms with Crippen LogP contribution in [0.25, 0.3) is 0 Å². The Hall–Kier alpha value is -1.64. The van der Waals surface area contributed by atoms with Gasteiger partial charge >= 0.3 is 0 Å². The average Bonchev–Trinajstić information content (AvgIpc) is 3.02. The molecule has 3 rings (SSSR count). The van der Waals surface area contributed by atoms with Crippen LogP contribution in [-0.2, 0) is 16.1 Å². The van der Waals surface area contributed by atoms with Crippen LogP contribution in [0.5, 0.6) is 0 Å². The first-order chi connectivity index (χ1) is 10.8. The van der Waals surface area contributed by atoms with Crippen molar-refractivity contribution in [1.29, 1.82) is 0 Å². The van der Waals surface area contributed by atoms with Crippen molar-refractivity contribution < 1.29 is 9.47 Å². The fourth-order valence-electron chi connectivity index (χ4n) is 3.11. The lowest BCUT2D eigenvalue weighted by Gasteiger charge is -2.28. The van der Waals surface area contributed by atoms with E-state index in [9.17, 15) is 0 Å². The zero-order valence-corrected chi connectivity index (χ0v) is 13.2. The lowest BCUT2D eigenvalue weighted by molar-refractivity contribution is -0.0979. The van der Waals surface area contributed by atoms with Crippen LogP contribution in [0, 0.1) is 0 Å². The molecule has 1 aliphatic heterocycles. The van der Waals surface area contributed by atoms with Gasteiger partial charge in [-0.3, -0.25) is 0 Å². The predicted octanol–water partition coefficient (Wildman–Crippen LogP) is 4.90. The van der Waals surface area contributed by atoms with Gasteiger partial charge in [-0.25, -0.2) is 0 Å². The lowest BCUT2D eigenvalue weighted by Crippen LogP contribution is -2.33. The summed E-state index contributed by atoms with van der Waals surface area (Å²) in [4.78, 5) is 0. The molecule has 1 saturated heterocycles. The van der Waals surface area contributed by atoms with Crippen molar-refractivity contribution in [1.82, 2.24) is 0 Å². The van der Waals surface area contributed by atoms with Gasteiger partial charge in [-0.1, -0.05) is 67.6 Å². The smallest absolute Gasteiger partial charge is 0.0921 e. The summed E-state index contributed by atoms with van der Waals surface area (Å²) in [6, 6.07) is 20.8. The highest BCUT2D eigenvalue weighted by Gasteiger charge is 2.39. The summed E-state index contributed by atoms with van der Waals surface area (Å²) >= 11 is 0. The van der Waals surface area contributed by atoms with Crippen molar-refractivity contribution in [3.63, 3.8) is 0 Å². The Balaban J connectivity index is 1.57. The Bertz CT molecular complexity index is 567. The molecule has 2 atom stereocenters. The Labute approximate surface area is 133 Å². The SMILES string of the molecule is CC[C@]1(COCc2ccccc2)CC[C@@H](c2ccccc2)O1. The number of ether oxygens (including phenoxy) is 2. The number of rotatable bonds is 6. The minimum absolute atomic E-state index is 0.130. The molecular formula is C20H24O2. The molecule has 2 aromatic carbocycles. The number of benzene rings is 2. The molecular weight excluding hydrogens is 272 g/mol. The van der Waals surface area contributed by atoms with Gasteiger partial charge in [-0.15, -0.1) is 0 Å². The minimum atomic E-state index is -0.130. The molecule has 22 heavy (non-hydrogen) atoms. The maximum absolute atomic E-state index is 6.40. The van der Waals surface area contributed by atoms with E-state index in [4.69, 9.17) is 9.47 Å². The second kappa shape index (κ2) is 7.08. The van der Waals surface area contributed by atoms with Gasteiger partial charge in [-0.05, 0) is 30.4 Å². The van der Waals surface area contributed by atoms with Crippen LogP contribution in [0.2, 0.25) is 0 Å². The highest BCUT2D eigenvalue weighted by Crippen LogP contribution is 2.41. The third kappa shape index (κ3) is 3.57. The van der Waals surface area contributed by atoms with Crippen LogP contribution in [0.1, 0.15) is 43.4 Å². The number of hydrogen-bond donors (Lipinski definition) is 0. The second-order valence-corrected chi connectivity index (χ2v) is 6.07. The van der Waals surface area contributed by atoms with Gasteiger partial charge in [0, 0.05) is 0 Å². The van der Waals surface area contributed by atoms with Gasteiger partial charge in [0.05, 0.1) is 24.9 Å². The summed E-state index contributed by atoms with van der Waals surface area (Å²) in [5.41, 5.74) is 2.36. The van der Waals surface area contributed by atoms with Crippen molar-refractivity contribution in [3.8, 4) is 0 Å². The Morgan fingerprint density at radius 2 is 1.73 bits per heavy atom. The fourth-order valence-corrected chi connectivity index (χ4v) is 3.11. The second-order valence-electron chi connectivity index (χ2n) is 6.07. The molecule has 0 aromatic heterocycles. The summed E-state index contributed by atoms with van der Waals surface area (Å²) in [5.74, 6) is 0. The molecule has 1 aliphatic rings. The summed E-state index contributed by atoms with van der Waals surface area (Å²) in [6.07, 6.45) is 3.34. The Morgan fingerprint density at radius 3 is 2.41 bits per heavy atom. The lowest BCUT2D eigenvalue weighted by atomic mass is 9.97. The van der Waals surface area contributed by atoms with Gasteiger partial charge in [0.15, 0.2) is 0 Å². The standard InChI is InChI=1S/C20H24O2/c1-2-20(16-21-15-17-9-5-3-6-10-17)14-13-19(22-20)18-11-7-4-8-12-18/h3-12,19H,2,13-16H2,1H3/t19-,20+/m0/s1. The molecule has 116 valence electrons. The first-order valence-electron chi connectivity index (χ1n) is 8.16. The molecule has 0 saturated carbocycles. The van der Waals surface area contributed by atoms with E-state index >= 15 is 0 Å². The molecule has 1 heterocycles. The van der Waals surface area contributed by atoms with E-state index in [1.807, 2.05) is 18.2 Å². The molecule has 0 unspecified atom stereocenters. The van der Waals surface area contributed by atoms with Crippen molar-refractivity contribution in [2.45, 2.75) is 44.5 Å². The molecule has 0 aliphatic carbocycles. The normalized spacial score (nSPS) is 24.5. The summed E-state index contributed by atoms with van der Waals surface area (Å²) in [6.45, 7) is 3.52. The first-order valence-corrected chi connectivity index (χ1v) is 8.16. The maximum Gasteiger partial charge on any atom is 0.0921 e. The van der Waals surface area contributed by atoms with E-state index in [0.29, 0.717) is 13.2 Å². The van der Waals surface area contributed by atoms with E-state index < -0.39 is 0 Å². The molecule has 0 bridgehead atoms. The maximum atomic E-state index is 6.40.